The minimum Gasteiger partial charge on any atom is -0.487 e. The summed E-state index contributed by atoms with van der Waals surface area (Å²) in [5.41, 5.74) is -0.194. The second-order valence-corrected chi connectivity index (χ2v) is 7.67. The van der Waals surface area contributed by atoms with E-state index in [0.717, 1.165) is 11.9 Å². The van der Waals surface area contributed by atoms with Crippen LogP contribution in [0.1, 0.15) is 27.3 Å². The quantitative estimate of drug-likeness (QED) is 0.377. The third kappa shape index (κ3) is 5.55. The van der Waals surface area contributed by atoms with Gasteiger partial charge in [-0.25, -0.2) is 4.68 Å². The maximum atomic E-state index is 13.8. The molecule has 0 unspecified atom stereocenters. The fraction of sp³-hybridized carbons (Fsp3) is 0.125. The van der Waals surface area contributed by atoms with Crippen molar-refractivity contribution >= 4 is 17.5 Å². The molecular formula is C24H18ClF3N4O2. The van der Waals surface area contributed by atoms with Crippen LogP contribution < -0.4 is 10.1 Å². The SMILES string of the molecule is O=C(NCc1ccc(OCc2ccccn2)cc1)c1cnn(-c2cccc(Cl)c2)c1C(F)(F)F. The van der Waals surface area contributed by atoms with Gasteiger partial charge in [-0.1, -0.05) is 35.9 Å². The molecule has 2 aromatic carbocycles. The maximum Gasteiger partial charge on any atom is 0.434 e. The summed E-state index contributed by atoms with van der Waals surface area (Å²) in [7, 11) is 0. The van der Waals surface area contributed by atoms with Gasteiger partial charge in [0, 0.05) is 17.8 Å². The van der Waals surface area contributed by atoms with Crippen LogP contribution in [0.4, 0.5) is 13.2 Å². The van der Waals surface area contributed by atoms with Crippen LogP contribution >= 0.6 is 11.6 Å². The molecule has 6 nitrogen and oxygen atoms in total. The number of hydrogen-bond acceptors (Lipinski definition) is 4. The number of ether oxygens (including phenoxy) is 1. The number of nitrogens with one attached hydrogen (secondary N) is 1. The van der Waals surface area contributed by atoms with Crippen LogP contribution in [0.5, 0.6) is 5.75 Å². The van der Waals surface area contributed by atoms with E-state index in [1.807, 2.05) is 18.2 Å². The van der Waals surface area contributed by atoms with Crippen molar-refractivity contribution in [2.75, 3.05) is 0 Å². The standard InChI is InChI=1S/C24H18ClF3N4O2/c25-17-4-3-6-19(12-17)32-22(24(26,27)28)21(14-31-32)23(33)30-13-16-7-9-20(10-8-16)34-15-18-5-1-2-11-29-18/h1-12,14H,13,15H2,(H,30,33). The lowest BCUT2D eigenvalue weighted by Gasteiger charge is -2.13. The van der Waals surface area contributed by atoms with E-state index >= 15 is 0 Å². The molecule has 0 aliphatic rings. The number of pyridine rings is 1. The normalized spacial score (nSPS) is 11.3. The fourth-order valence-corrected chi connectivity index (χ4v) is 3.40. The van der Waals surface area contributed by atoms with Gasteiger partial charge in [0.25, 0.3) is 5.91 Å². The van der Waals surface area contributed by atoms with E-state index in [4.69, 9.17) is 16.3 Å². The summed E-state index contributed by atoms with van der Waals surface area (Å²) in [6, 6.07) is 18.2. The molecule has 1 N–H and O–H groups in total. The van der Waals surface area contributed by atoms with Crippen LogP contribution in [0.15, 0.2) is 79.1 Å². The van der Waals surface area contributed by atoms with Crippen LogP contribution in [-0.2, 0) is 19.3 Å². The molecule has 0 saturated heterocycles. The second kappa shape index (κ2) is 9.96. The minimum absolute atomic E-state index is 0.0268. The summed E-state index contributed by atoms with van der Waals surface area (Å²) in [6.45, 7) is 0.326. The number of halogens is 4. The van der Waals surface area contributed by atoms with E-state index in [-0.39, 0.29) is 17.3 Å². The molecule has 0 radical (unpaired) electrons. The Hall–Kier alpha value is -3.85. The zero-order chi connectivity index (χ0) is 24.1. The molecule has 0 saturated carbocycles. The molecule has 4 rings (SSSR count). The van der Waals surface area contributed by atoms with Crippen molar-refractivity contribution in [1.29, 1.82) is 0 Å². The number of carbonyl (C=O) groups is 1. The Morgan fingerprint density at radius 3 is 2.53 bits per heavy atom. The fourth-order valence-electron chi connectivity index (χ4n) is 3.21. The Bertz CT molecular complexity index is 1280. The summed E-state index contributed by atoms with van der Waals surface area (Å²) < 4.78 is 47.7. The van der Waals surface area contributed by atoms with Gasteiger partial charge in [0.15, 0.2) is 5.69 Å². The number of carbonyl (C=O) groups excluding carboxylic acids is 1. The van der Waals surface area contributed by atoms with Crippen LogP contribution in [0, 0.1) is 0 Å². The minimum atomic E-state index is -4.81. The maximum absolute atomic E-state index is 13.8. The molecule has 10 heteroatoms. The highest BCUT2D eigenvalue weighted by atomic mass is 35.5. The Morgan fingerprint density at radius 2 is 1.85 bits per heavy atom. The van der Waals surface area contributed by atoms with Gasteiger partial charge in [-0.15, -0.1) is 0 Å². The van der Waals surface area contributed by atoms with Gasteiger partial charge in [0.05, 0.1) is 23.1 Å². The third-order valence-corrected chi connectivity index (χ3v) is 5.06. The van der Waals surface area contributed by atoms with Crippen molar-refractivity contribution in [3.63, 3.8) is 0 Å². The summed E-state index contributed by atoms with van der Waals surface area (Å²) >= 11 is 5.90. The molecule has 2 aromatic heterocycles. The predicted molar refractivity (Wildman–Crippen MR) is 120 cm³/mol. The van der Waals surface area contributed by atoms with Gasteiger partial charge in [-0.3, -0.25) is 9.78 Å². The van der Waals surface area contributed by atoms with E-state index in [1.54, 1.807) is 30.5 Å². The van der Waals surface area contributed by atoms with Crippen LogP contribution in [0.3, 0.4) is 0 Å². The predicted octanol–water partition coefficient (Wildman–Crippen LogP) is 5.45. The molecule has 0 aliphatic carbocycles. The van der Waals surface area contributed by atoms with Crippen LogP contribution in [0.25, 0.3) is 5.69 Å². The third-order valence-electron chi connectivity index (χ3n) is 4.82. The highest BCUT2D eigenvalue weighted by Crippen LogP contribution is 2.34. The smallest absolute Gasteiger partial charge is 0.434 e. The highest BCUT2D eigenvalue weighted by molar-refractivity contribution is 6.30. The summed E-state index contributed by atoms with van der Waals surface area (Å²) in [5.74, 6) is -0.293. The Labute approximate surface area is 198 Å². The number of amides is 1. The average Bonchev–Trinajstić information content (AvgIpc) is 3.29. The number of nitrogens with zero attached hydrogens (tertiary/aromatic N) is 3. The summed E-state index contributed by atoms with van der Waals surface area (Å²) in [6.07, 6.45) is -2.24. The largest absolute Gasteiger partial charge is 0.487 e. The Kier molecular flexibility index (Phi) is 6.83. The molecule has 0 aliphatic heterocycles. The monoisotopic (exact) mass is 486 g/mol. The molecule has 34 heavy (non-hydrogen) atoms. The summed E-state index contributed by atoms with van der Waals surface area (Å²) in [5, 5.41) is 6.54. The van der Waals surface area contributed by atoms with E-state index in [0.29, 0.717) is 22.6 Å². The first-order valence-electron chi connectivity index (χ1n) is 10.1. The van der Waals surface area contributed by atoms with Gasteiger partial charge in [-0.2, -0.15) is 18.3 Å². The molecule has 4 aromatic rings. The van der Waals surface area contributed by atoms with E-state index in [9.17, 15) is 18.0 Å². The second-order valence-electron chi connectivity index (χ2n) is 7.23. The van der Waals surface area contributed by atoms with Gasteiger partial charge >= 0.3 is 6.18 Å². The van der Waals surface area contributed by atoms with Crippen LogP contribution in [0.2, 0.25) is 5.02 Å². The van der Waals surface area contributed by atoms with Crippen LogP contribution in [-0.4, -0.2) is 20.7 Å². The van der Waals surface area contributed by atoms with Crippen molar-refractivity contribution in [3.05, 3.63) is 107 Å². The molecule has 0 fully saturated rings. The average molecular weight is 487 g/mol. The lowest BCUT2D eigenvalue weighted by atomic mass is 10.2. The zero-order valence-electron chi connectivity index (χ0n) is 17.6. The molecule has 174 valence electrons. The van der Waals surface area contributed by atoms with Crippen molar-refractivity contribution in [2.45, 2.75) is 19.3 Å². The zero-order valence-corrected chi connectivity index (χ0v) is 18.3. The van der Waals surface area contributed by atoms with Gasteiger partial charge in [0.2, 0.25) is 0 Å². The van der Waals surface area contributed by atoms with Gasteiger partial charge in [0.1, 0.15) is 12.4 Å². The molecular weight excluding hydrogens is 469 g/mol. The van der Waals surface area contributed by atoms with E-state index < -0.39 is 23.3 Å². The topological polar surface area (TPSA) is 69.0 Å². The van der Waals surface area contributed by atoms with Crippen molar-refractivity contribution in [1.82, 2.24) is 20.1 Å². The van der Waals surface area contributed by atoms with Crippen molar-refractivity contribution < 1.29 is 22.7 Å². The molecule has 2 heterocycles. The lowest BCUT2D eigenvalue weighted by molar-refractivity contribution is -0.143. The van der Waals surface area contributed by atoms with Gasteiger partial charge in [-0.05, 0) is 48.0 Å². The first-order valence-corrected chi connectivity index (χ1v) is 10.5. The number of rotatable bonds is 7. The van der Waals surface area contributed by atoms with E-state index in [1.165, 1.54) is 24.3 Å². The lowest BCUT2D eigenvalue weighted by Crippen LogP contribution is -2.26. The van der Waals surface area contributed by atoms with E-state index in [2.05, 4.69) is 15.4 Å². The first-order chi connectivity index (χ1) is 16.3. The molecule has 0 atom stereocenters. The Morgan fingerprint density at radius 1 is 1.06 bits per heavy atom. The molecule has 0 spiro atoms. The number of aromatic nitrogens is 3. The number of hydrogen-bond donors (Lipinski definition) is 1. The molecule has 0 bridgehead atoms. The van der Waals surface area contributed by atoms with Crippen molar-refractivity contribution in [3.8, 4) is 11.4 Å². The summed E-state index contributed by atoms with van der Waals surface area (Å²) in [4.78, 5) is 16.8. The number of alkyl halides is 3. The van der Waals surface area contributed by atoms with Crippen molar-refractivity contribution in [2.24, 2.45) is 0 Å². The molecule has 1 amide bonds. The Balaban J connectivity index is 1.44. The van der Waals surface area contributed by atoms with Gasteiger partial charge < -0.3 is 10.1 Å². The number of benzene rings is 2. The first kappa shape index (κ1) is 23.3. The highest BCUT2D eigenvalue weighted by Gasteiger charge is 2.40.